The number of amides is 1. The summed E-state index contributed by atoms with van der Waals surface area (Å²) in [6, 6.07) is 13.7. The zero-order valence-corrected chi connectivity index (χ0v) is 17.8. The molecule has 3 heterocycles. The molecule has 5 rings (SSSR count). The Kier molecular flexibility index (Phi) is 4.98. The minimum atomic E-state index is -0.438. The van der Waals surface area contributed by atoms with Gasteiger partial charge in [-0.25, -0.2) is 9.07 Å². The lowest BCUT2D eigenvalue weighted by Crippen LogP contribution is -2.19. The molecule has 0 radical (unpaired) electrons. The van der Waals surface area contributed by atoms with Crippen LogP contribution in [0.15, 0.2) is 65.6 Å². The number of aromatic nitrogens is 6. The molecule has 0 unspecified atom stereocenters. The van der Waals surface area contributed by atoms with E-state index in [2.05, 4.69) is 25.5 Å². The van der Waals surface area contributed by atoms with Crippen LogP contribution in [-0.2, 0) is 0 Å². The number of H-pyrrole nitrogens is 1. The van der Waals surface area contributed by atoms with Gasteiger partial charge in [0.05, 0.1) is 17.6 Å². The monoisotopic (exact) mass is 463 g/mol. The number of rotatable bonds is 4. The van der Waals surface area contributed by atoms with E-state index in [1.54, 1.807) is 37.3 Å². The predicted octanol–water partition coefficient (Wildman–Crippen LogP) is 3.65. The highest BCUT2D eigenvalue weighted by Gasteiger charge is 2.17. The minimum Gasteiger partial charge on any atom is -0.306 e. The zero-order chi connectivity index (χ0) is 23.1. The summed E-state index contributed by atoms with van der Waals surface area (Å²) in [5, 5.41) is 12.1. The fourth-order valence-corrected chi connectivity index (χ4v) is 3.44. The number of halogens is 2. The van der Waals surface area contributed by atoms with E-state index in [-0.39, 0.29) is 22.9 Å². The van der Waals surface area contributed by atoms with E-state index in [9.17, 15) is 14.0 Å². The molecule has 0 saturated carbocycles. The molecular formula is C22H15ClFN7O2. The maximum Gasteiger partial charge on any atom is 0.263 e. The highest BCUT2D eigenvalue weighted by atomic mass is 35.5. The van der Waals surface area contributed by atoms with Crippen LogP contribution in [0.2, 0.25) is 5.02 Å². The first kappa shape index (κ1) is 20.6. The number of hydrogen-bond donors (Lipinski definition) is 2. The van der Waals surface area contributed by atoms with Gasteiger partial charge in [0, 0.05) is 16.7 Å². The molecule has 2 N–H and O–H groups in total. The van der Waals surface area contributed by atoms with Crippen molar-refractivity contribution >= 4 is 34.4 Å². The molecule has 33 heavy (non-hydrogen) atoms. The van der Waals surface area contributed by atoms with Crippen LogP contribution in [0, 0.1) is 12.7 Å². The molecule has 0 atom stereocenters. The first-order valence-electron chi connectivity index (χ1n) is 9.77. The van der Waals surface area contributed by atoms with E-state index < -0.39 is 11.4 Å². The Morgan fingerprint density at radius 1 is 1.09 bits per heavy atom. The van der Waals surface area contributed by atoms with Crippen molar-refractivity contribution in [3.05, 3.63) is 93.2 Å². The molecule has 0 spiro atoms. The number of nitrogens with one attached hydrogen (secondary N) is 2. The third-order valence-corrected chi connectivity index (χ3v) is 5.13. The fraction of sp³-hybridized carbons (Fsp3) is 0.0455. The standard InChI is InChI=1S/C22H15ClFN7O2/c1-12-10-18(26-20(32)13-2-4-14(23)5-3-13)31(29-12)22-27-19-17(21(33)28-22)11-25-30(19)16-8-6-15(24)7-9-16/h2-11H,1H3,(H,26,32)(H,27,28,33). The first-order chi connectivity index (χ1) is 15.9. The first-order valence-corrected chi connectivity index (χ1v) is 10.1. The number of anilines is 1. The van der Waals surface area contributed by atoms with E-state index >= 15 is 0 Å². The summed E-state index contributed by atoms with van der Waals surface area (Å²) < 4.78 is 16.1. The van der Waals surface area contributed by atoms with Gasteiger partial charge in [-0.3, -0.25) is 14.6 Å². The van der Waals surface area contributed by atoms with Crippen molar-refractivity contribution in [1.29, 1.82) is 0 Å². The van der Waals surface area contributed by atoms with E-state index in [0.717, 1.165) is 0 Å². The number of fused-ring (bicyclic) bond motifs is 1. The van der Waals surface area contributed by atoms with Crippen molar-refractivity contribution in [3.63, 3.8) is 0 Å². The van der Waals surface area contributed by atoms with Gasteiger partial charge in [-0.1, -0.05) is 11.6 Å². The third-order valence-electron chi connectivity index (χ3n) is 4.88. The highest BCUT2D eigenvalue weighted by Crippen LogP contribution is 2.19. The molecule has 2 aromatic carbocycles. The van der Waals surface area contributed by atoms with Crippen molar-refractivity contribution in [2.45, 2.75) is 6.92 Å². The third kappa shape index (κ3) is 3.87. The number of benzene rings is 2. The Bertz CT molecular complexity index is 1550. The second-order valence-corrected chi connectivity index (χ2v) is 7.64. The van der Waals surface area contributed by atoms with Crippen LogP contribution < -0.4 is 10.9 Å². The molecule has 0 fully saturated rings. The second-order valence-electron chi connectivity index (χ2n) is 7.20. The van der Waals surface area contributed by atoms with Gasteiger partial charge in [0.25, 0.3) is 11.5 Å². The van der Waals surface area contributed by atoms with Gasteiger partial charge < -0.3 is 5.32 Å². The average molecular weight is 464 g/mol. The van der Waals surface area contributed by atoms with E-state index in [0.29, 0.717) is 27.8 Å². The summed E-state index contributed by atoms with van der Waals surface area (Å²) >= 11 is 5.89. The normalized spacial score (nSPS) is 11.1. The molecule has 0 bridgehead atoms. The van der Waals surface area contributed by atoms with Gasteiger partial charge in [-0.15, -0.1) is 0 Å². The summed E-state index contributed by atoms with van der Waals surface area (Å²) in [6.45, 7) is 1.74. The van der Waals surface area contributed by atoms with Crippen molar-refractivity contribution < 1.29 is 9.18 Å². The van der Waals surface area contributed by atoms with Gasteiger partial charge >= 0.3 is 0 Å². The number of nitrogens with zero attached hydrogens (tertiary/aromatic N) is 5. The lowest BCUT2D eigenvalue weighted by Gasteiger charge is -2.09. The SMILES string of the molecule is Cc1cc(NC(=O)c2ccc(Cl)cc2)n(-c2nc3c(cnn3-c3ccc(F)cc3)c(=O)[nH]2)n1. The topological polar surface area (TPSA) is 110 Å². The molecule has 1 amide bonds. The highest BCUT2D eigenvalue weighted by molar-refractivity contribution is 6.30. The van der Waals surface area contributed by atoms with Crippen LogP contribution in [0.4, 0.5) is 10.2 Å². The Morgan fingerprint density at radius 3 is 2.55 bits per heavy atom. The molecule has 0 aliphatic carbocycles. The van der Waals surface area contributed by atoms with Gasteiger partial charge in [0.2, 0.25) is 5.95 Å². The fourth-order valence-electron chi connectivity index (χ4n) is 3.32. The lowest BCUT2D eigenvalue weighted by molar-refractivity contribution is 0.102. The molecule has 164 valence electrons. The molecule has 11 heteroatoms. The number of aromatic amines is 1. The second kappa shape index (κ2) is 7.99. The van der Waals surface area contributed by atoms with Crippen LogP contribution in [0.3, 0.4) is 0 Å². The number of aryl methyl sites for hydroxylation is 1. The largest absolute Gasteiger partial charge is 0.306 e. The molecule has 0 aliphatic rings. The lowest BCUT2D eigenvalue weighted by atomic mass is 10.2. The summed E-state index contributed by atoms with van der Waals surface area (Å²) in [6.07, 6.45) is 1.38. The predicted molar refractivity (Wildman–Crippen MR) is 121 cm³/mol. The van der Waals surface area contributed by atoms with Crippen LogP contribution >= 0.6 is 11.6 Å². The summed E-state index contributed by atoms with van der Waals surface area (Å²) in [5.41, 5.74) is 1.34. The average Bonchev–Trinajstić information content (AvgIpc) is 3.38. The summed E-state index contributed by atoms with van der Waals surface area (Å²) in [4.78, 5) is 32.6. The van der Waals surface area contributed by atoms with Crippen LogP contribution in [0.5, 0.6) is 0 Å². The minimum absolute atomic E-state index is 0.0795. The van der Waals surface area contributed by atoms with Crippen molar-refractivity contribution in [2.75, 3.05) is 5.32 Å². The van der Waals surface area contributed by atoms with E-state index in [1.165, 1.54) is 39.8 Å². The van der Waals surface area contributed by atoms with E-state index in [1.807, 2.05) is 0 Å². The van der Waals surface area contributed by atoms with Gasteiger partial charge in [-0.05, 0) is 55.5 Å². The zero-order valence-electron chi connectivity index (χ0n) is 17.1. The van der Waals surface area contributed by atoms with Crippen LogP contribution in [-0.4, -0.2) is 35.4 Å². The van der Waals surface area contributed by atoms with Crippen molar-refractivity contribution in [2.24, 2.45) is 0 Å². The number of carbonyl (C=O) groups is 1. The van der Waals surface area contributed by atoms with Gasteiger partial charge in [0.15, 0.2) is 5.65 Å². The molecule has 3 aromatic heterocycles. The summed E-state index contributed by atoms with van der Waals surface area (Å²) in [5.74, 6) is -0.388. The number of carbonyl (C=O) groups excluding carboxylic acids is 1. The van der Waals surface area contributed by atoms with Crippen LogP contribution in [0.1, 0.15) is 16.1 Å². The Balaban J connectivity index is 1.58. The molecule has 5 aromatic rings. The molecular weight excluding hydrogens is 449 g/mol. The Hall–Kier alpha value is -4.31. The Labute approximate surface area is 190 Å². The quantitative estimate of drug-likeness (QED) is 0.422. The summed E-state index contributed by atoms with van der Waals surface area (Å²) in [7, 11) is 0. The molecule has 0 saturated heterocycles. The number of hydrogen-bond acceptors (Lipinski definition) is 5. The molecule has 9 nitrogen and oxygen atoms in total. The smallest absolute Gasteiger partial charge is 0.263 e. The van der Waals surface area contributed by atoms with Crippen molar-refractivity contribution in [1.82, 2.24) is 29.5 Å². The maximum atomic E-state index is 13.3. The maximum absolute atomic E-state index is 13.3. The van der Waals surface area contributed by atoms with Crippen molar-refractivity contribution in [3.8, 4) is 11.6 Å². The van der Waals surface area contributed by atoms with Gasteiger partial charge in [-0.2, -0.15) is 19.9 Å². The van der Waals surface area contributed by atoms with Crippen LogP contribution in [0.25, 0.3) is 22.7 Å². The Morgan fingerprint density at radius 2 is 1.82 bits per heavy atom. The van der Waals surface area contributed by atoms with Gasteiger partial charge in [0.1, 0.15) is 17.0 Å². The molecule has 0 aliphatic heterocycles. The van der Waals surface area contributed by atoms with E-state index in [4.69, 9.17) is 11.6 Å².